The Kier molecular flexibility index (Phi) is 3.85. The molecule has 1 N–H and O–H groups in total. The Bertz CT molecular complexity index is 450. The molecule has 0 aromatic carbocycles. The van der Waals surface area contributed by atoms with Crippen LogP contribution in [0.3, 0.4) is 0 Å². The number of hydrogen-bond donors (Lipinski definition) is 1. The van der Waals surface area contributed by atoms with E-state index in [-0.39, 0.29) is 0 Å². The first-order valence-corrected chi connectivity index (χ1v) is 7.69. The predicted octanol–water partition coefficient (Wildman–Crippen LogP) is 2.53. The highest BCUT2D eigenvalue weighted by Gasteiger charge is 2.37. The zero-order valence-electron chi connectivity index (χ0n) is 11.0. The summed E-state index contributed by atoms with van der Waals surface area (Å²) in [5.41, 5.74) is 0. The number of nitrogens with zero attached hydrogens (tertiary/aromatic N) is 3. The van der Waals surface area contributed by atoms with E-state index in [2.05, 4.69) is 14.7 Å². The summed E-state index contributed by atoms with van der Waals surface area (Å²) < 4.78 is 40.8. The second-order valence-corrected chi connectivity index (χ2v) is 6.24. The van der Waals surface area contributed by atoms with E-state index in [0.29, 0.717) is 17.1 Å². The van der Waals surface area contributed by atoms with Gasteiger partial charge < -0.3 is 10.2 Å². The van der Waals surface area contributed by atoms with Gasteiger partial charge in [0.2, 0.25) is 11.0 Å². The fourth-order valence-electron chi connectivity index (χ4n) is 2.41. The van der Waals surface area contributed by atoms with Crippen molar-refractivity contribution < 1.29 is 13.2 Å². The Morgan fingerprint density at radius 3 is 2.45 bits per heavy atom. The van der Waals surface area contributed by atoms with Gasteiger partial charge in [0, 0.05) is 30.7 Å². The summed E-state index contributed by atoms with van der Waals surface area (Å²) in [5, 5.41) is 3.91. The summed E-state index contributed by atoms with van der Waals surface area (Å²) in [6, 6.07) is 0.713. The third-order valence-corrected chi connectivity index (χ3v) is 4.60. The van der Waals surface area contributed by atoms with Crippen LogP contribution in [-0.2, 0) is 6.18 Å². The molecule has 1 aromatic heterocycles. The number of aromatic nitrogens is 2. The van der Waals surface area contributed by atoms with Crippen LogP contribution in [0.15, 0.2) is 0 Å². The van der Waals surface area contributed by atoms with Crippen molar-refractivity contribution in [3.05, 3.63) is 5.82 Å². The molecule has 3 rings (SSSR count). The smallest absolute Gasteiger partial charge is 0.347 e. The molecule has 0 radical (unpaired) electrons. The molecule has 1 aliphatic heterocycles. The highest BCUT2D eigenvalue weighted by atomic mass is 32.1. The molecule has 1 aromatic rings. The van der Waals surface area contributed by atoms with Crippen LogP contribution < -0.4 is 10.2 Å². The largest absolute Gasteiger partial charge is 0.452 e. The average molecular weight is 306 g/mol. The van der Waals surface area contributed by atoms with Gasteiger partial charge >= 0.3 is 6.18 Å². The number of hydrogen-bond acceptors (Lipinski definition) is 5. The van der Waals surface area contributed by atoms with Crippen molar-refractivity contribution in [3.63, 3.8) is 0 Å². The molecule has 2 heterocycles. The summed E-state index contributed by atoms with van der Waals surface area (Å²) >= 11 is 0.842. The fraction of sp³-hybridized carbons (Fsp3) is 0.833. The van der Waals surface area contributed by atoms with Crippen molar-refractivity contribution in [2.45, 2.75) is 37.9 Å². The van der Waals surface area contributed by atoms with Gasteiger partial charge in [-0.05, 0) is 38.1 Å². The molecular weight excluding hydrogens is 289 g/mol. The molecule has 2 fully saturated rings. The maximum absolute atomic E-state index is 12.5. The van der Waals surface area contributed by atoms with Crippen molar-refractivity contribution in [1.29, 1.82) is 0 Å². The normalized spacial score (nSPS) is 21.4. The molecule has 112 valence electrons. The molecule has 0 amide bonds. The van der Waals surface area contributed by atoms with Crippen molar-refractivity contribution in [3.8, 4) is 0 Å². The summed E-state index contributed by atoms with van der Waals surface area (Å²) in [6.45, 7) is 2.56. The van der Waals surface area contributed by atoms with E-state index >= 15 is 0 Å². The van der Waals surface area contributed by atoms with Crippen LogP contribution in [0.4, 0.5) is 18.3 Å². The van der Waals surface area contributed by atoms with E-state index < -0.39 is 12.0 Å². The molecule has 0 atom stereocenters. The number of rotatable bonds is 4. The van der Waals surface area contributed by atoms with E-state index in [1.807, 2.05) is 4.90 Å². The highest BCUT2D eigenvalue weighted by Crippen LogP contribution is 2.31. The van der Waals surface area contributed by atoms with Crippen molar-refractivity contribution in [2.24, 2.45) is 5.92 Å². The minimum absolute atomic E-state index is 0.394. The fourth-order valence-corrected chi connectivity index (χ4v) is 3.15. The number of halogens is 3. The van der Waals surface area contributed by atoms with Crippen LogP contribution in [0.25, 0.3) is 0 Å². The lowest BCUT2D eigenvalue weighted by atomic mass is 9.97. The van der Waals surface area contributed by atoms with Gasteiger partial charge in [0.1, 0.15) is 0 Å². The average Bonchev–Trinajstić information content (AvgIpc) is 3.09. The van der Waals surface area contributed by atoms with E-state index in [0.717, 1.165) is 44.0 Å². The van der Waals surface area contributed by atoms with Crippen LogP contribution in [-0.4, -0.2) is 35.0 Å². The van der Waals surface area contributed by atoms with Crippen LogP contribution in [0.2, 0.25) is 0 Å². The van der Waals surface area contributed by atoms with Gasteiger partial charge in [-0.1, -0.05) is 0 Å². The maximum Gasteiger partial charge on any atom is 0.452 e. The Balaban J connectivity index is 1.50. The second kappa shape index (κ2) is 5.48. The Morgan fingerprint density at radius 1 is 1.20 bits per heavy atom. The zero-order chi connectivity index (χ0) is 14.2. The number of alkyl halides is 3. The molecule has 1 saturated carbocycles. The SMILES string of the molecule is FC(F)(F)c1nsc(N2CCC(CNC3CC3)CC2)n1. The molecule has 1 aliphatic carbocycles. The van der Waals surface area contributed by atoms with Gasteiger partial charge in [-0.25, -0.2) is 0 Å². The quantitative estimate of drug-likeness (QED) is 0.928. The topological polar surface area (TPSA) is 41.1 Å². The minimum atomic E-state index is -4.44. The molecule has 4 nitrogen and oxygen atoms in total. The Labute approximate surface area is 119 Å². The molecule has 0 spiro atoms. The first kappa shape index (κ1) is 14.1. The summed E-state index contributed by atoms with van der Waals surface area (Å²) in [6.07, 6.45) is 0.121. The van der Waals surface area contributed by atoms with Gasteiger partial charge in [-0.2, -0.15) is 22.5 Å². The van der Waals surface area contributed by atoms with Gasteiger partial charge in [-0.3, -0.25) is 0 Å². The third kappa shape index (κ3) is 3.41. The first-order chi connectivity index (χ1) is 9.52. The Morgan fingerprint density at radius 2 is 1.90 bits per heavy atom. The minimum Gasteiger partial charge on any atom is -0.347 e. The van der Waals surface area contributed by atoms with Crippen LogP contribution in [0, 0.1) is 5.92 Å². The lowest BCUT2D eigenvalue weighted by Gasteiger charge is -2.31. The molecule has 1 saturated heterocycles. The summed E-state index contributed by atoms with van der Waals surface area (Å²) in [7, 11) is 0. The molecule has 8 heteroatoms. The Hall–Kier alpha value is -0.890. The van der Waals surface area contributed by atoms with E-state index in [9.17, 15) is 13.2 Å². The van der Waals surface area contributed by atoms with Crippen molar-refractivity contribution >= 4 is 16.7 Å². The van der Waals surface area contributed by atoms with Crippen molar-refractivity contribution in [1.82, 2.24) is 14.7 Å². The second-order valence-electron chi connectivity index (χ2n) is 5.51. The maximum atomic E-state index is 12.5. The molecular formula is C12H17F3N4S. The van der Waals surface area contributed by atoms with Crippen LogP contribution >= 0.6 is 11.5 Å². The van der Waals surface area contributed by atoms with E-state index in [4.69, 9.17) is 0 Å². The van der Waals surface area contributed by atoms with E-state index in [1.165, 1.54) is 12.8 Å². The molecule has 2 aliphatic rings. The van der Waals surface area contributed by atoms with E-state index in [1.54, 1.807) is 0 Å². The van der Waals surface area contributed by atoms with Gasteiger partial charge in [0.25, 0.3) is 0 Å². The number of nitrogens with one attached hydrogen (secondary N) is 1. The molecule has 0 unspecified atom stereocenters. The number of anilines is 1. The molecule has 20 heavy (non-hydrogen) atoms. The summed E-state index contributed by atoms with van der Waals surface area (Å²) in [4.78, 5) is 5.52. The lowest BCUT2D eigenvalue weighted by molar-refractivity contribution is -0.144. The molecule has 0 bridgehead atoms. The number of piperidine rings is 1. The lowest BCUT2D eigenvalue weighted by Crippen LogP contribution is -2.37. The monoisotopic (exact) mass is 306 g/mol. The standard InChI is InChI=1S/C12H17F3N4S/c13-12(14,15)10-17-11(20-18-10)19-5-3-8(4-6-19)7-16-9-1-2-9/h8-9,16H,1-7H2. The van der Waals surface area contributed by atoms with Crippen molar-refractivity contribution in [2.75, 3.05) is 24.5 Å². The summed E-state index contributed by atoms with van der Waals surface area (Å²) in [5.74, 6) is -0.392. The van der Waals surface area contributed by atoms with Gasteiger partial charge in [0.15, 0.2) is 0 Å². The zero-order valence-corrected chi connectivity index (χ0v) is 11.8. The van der Waals surface area contributed by atoms with Crippen LogP contribution in [0.1, 0.15) is 31.5 Å². The van der Waals surface area contributed by atoms with Gasteiger partial charge in [-0.15, -0.1) is 0 Å². The highest BCUT2D eigenvalue weighted by molar-refractivity contribution is 7.09. The van der Waals surface area contributed by atoms with Gasteiger partial charge in [0.05, 0.1) is 0 Å². The third-order valence-electron chi connectivity index (χ3n) is 3.83. The van der Waals surface area contributed by atoms with Crippen LogP contribution in [0.5, 0.6) is 0 Å². The first-order valence-electron chi connectivity index (χ1n) is 6.91. The predicted molar refractivity (Wildman–Crippen MR) is 70.9 cm³/mol.